The van der Waals surface area contributed by atoms with Crippen LogP contribution in [0.3, 0.4) is 0 Å². The number of halogens is 1. The van der Waals surface area contributed by atoms with E-state index >= 15 is 0 Å². The standard InChI is InChI=1S/C16H12ClN3OS/c17-12-6-7-14(18-9-12)20-15(21)8-13-10-22-16(19-13)11-4-2-1-3-5-11/h1-7,9-10H,8H2,(H,18,20,21). The van der Waals surface area contributed by atoms with Gasteiger partial charge in [0, 0.05) is 17.1 Å². The Labute approximate surface area is 136 Å². The lowest BCUT2D eigenvalue weighted by atomic mass is 10.2. The molecule has 0 radical (unpaired) electrons. The van der Waals surface area contributed by atoms with Gasteiger partial charge in [-0.2, -0.15) is 0 Å². The molecule has 6 heteroatoms. The van der Waals surface area contributed by atoms with Crippen molar-refractivity contribution < 1.29 is 4.79 Å². The summed E-state index contributed by atoms with van der Waals surface area (Å²) in [4.78, 5) is 20.5. The number of rotatable bonds is 4. The quantitative estimate of drug-likeness (QED) is 0.786. The van der Waals surface area contributed by atoms with Gasteiger partial charge in [0.15, 0.2) is 0 Å². The molecule has 22 heavy (non-hydrogen) atoms. The van der Waals surface area contributed by atoms with Crippen molar-refractivity contribution in [3.63, 3.8) is 0 Å². The monoisotopic (exact) mass is 329 g/mol. The zero-order valence-corrected chi connectivity index (χ0v) is 13.1. The lowest BCUT2D eigenvalue weighted by Gasteiger charge is -2.02. The van der Waals surface area contributed by atoms with Crippen LogP contribution in [-0.4, -0.2) is 15.9 Å². The number of anilines is 1. The fraction of sp³-hybridized carbons (Fsp3) is 0.0625. The highest BCUT2D eigenvalue weighted by atomic mass is 35.5. The molecule has 4 nitrogen and oxygen atoms in total. The second kappa shape index (κ2) is 6.68. The van der Waals surface area contributed by atoms with Crippen LogP contribution in [0.5, 0.6) is 0 Å². The van der Waals surface area contributed by atoms with E-state index in [4.69, 9.17) is 11.6 Å². The molecule has 0 unspecified atom stereocenters. The Morgan fingerprint density at radius 1 is 1.18 bits per heavy atom. The molecule has 0 aliphatic rings. The van der Waals surface area contributed by atoms with Crippen LogP contribution >= 0.6 is 22.9 Å². The molecule has 3 aromatic rings. The molecule has 3 rings (SSSR count). The van der Waals surface area contributed by atoms with Crippen LogP contribution in [0.25, 0.3) is 10.6 Å². The lowest BCUT2D eigenvalue weighted by molar-refractivity contribution is -0.115. The van der Waals surface area contributed by atoms with Crippen molar-refractivity contribution in [2.24, 2.45) is 0 Å². The molecule has 0 aliphatic carbocycles. The summed E-state index contributed by atoms with van der Waals surface area (Å²) in [6, 6.07) is 13.2. The van der Waals surface area contributed by atoms with E-state index in [0.29, 0.717) is 10.8 Å². The first-order valence-electron chi connectivity index (χ1n) is 6.62. The predicted octanol–water partition coefficient (Wildman–Crippen LogP) is 4.04. The third-order valence-corrected chi connectivity index (χ3v) is 4.07. The summed E-state index contributed by atoms with van der Waals surface area (Å²) < 4.78 is 0. The van der Waals surface area contributed by atoms with Crippen molar-refractivity contribution in [1.29, 1.82) is 0 Å². The molecular formula is C16H12ClN3OS. The number of nitrogens with zero attached hydrogens (tertiary/aromatic N) is 2. The highest BCUT2D eigenvalue weighted by Gasteiger charge is 2.09. The summed E-state index contributed by atoms with van der Waals surface area (Å²) in [5.41, 5.74) is 1.80. The van der Waals surface area contributed by atoms with Crippen LogP contribution < -0.4 is 5.32 Å². The van der Waals surface area contributed by atoms with Crippen LogP contribution in [0.1, 0.15) is 5.69 Å². The Morgan fingerprint density at radius 3 is 2.73 bits per heavy atom. The third kappa shape index (κ3) is 3.69. The summed E-state index contributed by atoms with van der Waals surface area (Å²) in [5.74, 6) is 0.327. The minimum Gasteiger partial charge on any atom is -0.310 e. The van der Waals surface area contributed by atoms with Gasteiger partial charge in [-0.3, -0.25) is 4.79 Å². The number of carbonyl (C=O) groups is 1. The molecule has 2 heterocycles. The smallest absolute Gasteiger partial charge is 0.231 e. The SMILES string of the molecule is O=C(Cc1csc(-c2ccccc2)n1)Nc1ccc(Cl)cn1. The number of amides is 1. The Morgan fingerprint density at radius 2 is 2.00 bits per heavy atom. The number of thiazole rings is 1. The number of hydrogen-bond donors (Lipinski definition) is 1. The summed E-state index contributed by atoms with van der Waals surface area (Å²) in [6.45, 7) is 0. The molecule has 1 N–H and O–H groups in total. The van der Waals surface area contributed by atoms with Gasteiger partial charge in [-0.15, -0.1) is 11.3 Å². The van der Waals surface area contributed by atoms with Crippen molar-refractivity contribution in [2.45, 2.75) is 6.42 Å². The van der Waals surface area contributed by atoms with Gasteiger partial charge >= 0.3 is 0 Å². The largest absolute Gasteiger partial charge is 0.310 e. The zero-order valence-electron chi connectivity index (χ0n) is 11.5. The van der Waals surface area contributed by atoms with E-state index in [9.17, 15) is 4.79 Å². The first-order valence-corrected chi connectivity index (χ1v) is 7.88. The van der Waals surface area contributed by atoms with Gasteiger partial charge in [-0.1, -0.05) is 41.9 Å². The summed E-state index contributed by atoms with van der Waals surface area (Å²) in [5, 5.41) is 6.07. The van der Waals surface area contributed by atoms with E-state index in [-0.39, 0.29) is 12.3 Å². The molecule has 0 fully saturated rings. The molecule has 0 saturated carbocycles. The van der Waals surface area contributed by atoms with Crippen LogP contribution in [-0.2, 0) is 11.2 Å². The highest BCUT2D eigenvalue weighted by Crippen LogP contribution is 2.23. The molecule has 1 aromatic carbocycles. The van der Waals surface area contributed by atoms with Gasteiger partial charge in [-0.05, 0) is 12.1 Å². The maximum absolute atomic E-state index is 12.0. The topological polar surface area (TPSA) is 54.9 Å². The van der Waals surface area contributed by atoms with Crippen LogP contribution in [0, 0.1) is 0 Å². The van der Waals surface area contributed by atoms with Gasteiger partial charge < -0.3 is 5.32 Å². The number of hydrogen-bond acceptors (Lipinski definition) is 4. The average Bonchev–Trinajstić information content (AvgIpc) is 2.99. The molecule has 0 aliphatic heterocycles. The highest BCUT2D eigenvalue weighted by molar-refractivity contribution is 7.13. The minimum absolute atomic E-state index is 0.153. The Kier molecular flexibility index (Phi) is 4.46. The molecule has 2 aromatic heterocycles. The van der Waals surface area contributed by atoms with Gasteiger partial charge in [0.05, 0.1) is 17.1 Å². The van der Waals surface area contributed by atoms with E-state index in [1.807, 2.05) is 35.7 Å². The Bertz CT molecular complexity index is 772. The number of aromatic nitrogens is 2. The van der Waals surface area contributed by atoms with Crippen molar-refractivity contribution >= 4 is 34.7 Å². The molecule has 1 amide bonds. The number of carbonyl (C=O) groups excluding carboxylic acids is 1. The van der Waals surface area contributed by atoms with E-state index in [1.54, 1.807) is 12.1 Å². The second-order valence-corrected chi connectivity index (χ2v) is 5.89. The molecule has 0 saturated heterocycles. The second-order valence-electron chi connectivity index (χ2n) is 4.60. The van der Waals surface area contributed by atoms with Crippen LogP contribution in [0.15, 0.2) is 54.0 Å². The third-order valence-electron chi connectivity index (χ3n) is 2.91. The maximum atomic E-state index is 12.0. The molecule has 110 valence electrons. The lowest BCUT2D eigenvalue weighted by Crippen LogP contribution is -2.15. The van der Waals surface area contributed by atoms with E-state index in [1.165, 1.54) is 17.5 Å². The van der Waals surface area contributed by atoms with E-state index < -0.39 is 0 Å². The van der Waals surface area contributed by atoms with Crippen molar-refractivity contribution in [3.05, 3.63) is 64.8 Å². The first kappa shape index (κ1) is 14.7. The molecule has 0 spiro atoms. The molecular weight excluding hydrogens is 318 g/mol. The number of nitrogens with one attached hydrogen (secondary N) is 1. The summed E-state index contributed by atoms with van der Waals surface area (Å²) in [6.07, 6.45) is 1.71. The molecule has 0 bridgehead atoms. The average molecular weight is 330 g/mol. The van der Waals surface area contributed by atoms with Crippen LogP contribution in [0.4, 0.5) is 5.82 Å². The van der Waals surface area contributed by atoms with Gasteiger partial charge in [0.2, 0.25) is 5.91 Å². The fourth-order valence-electron chi connectivity index (χ4n) is 1.90. The van der Waals surface area contributed by atoms with Gasteiger partial charge in [0.1, 0.15) is 10.8 Å². The molecule has 0 atom stereocenters. The Hall–Kier alpha value is -2.24. The van der Waals surface area contributed by atoms with Crippen molar-refractivity contribution in [1.82, 2.24) is 9.97 Å². The van der Waals surface area contributed by atoms with Crippen LogP contribution in [0.2, 0.25) is 5.02 Å². The minimum atomic E-state index is -0.153. The van der Waals surface area contributed by atoms with E-state index in [0.717, 1.165) is 16.3 Å². The summed E-state index contributed by atoms with van der Waals surface area (Å²) >= 11 is 7.28. The van der Waals surface area contributed by atoms with Gasteiger partial charge in [0.25, 0.3) is 0 Å². The summed E-state index contributed by atoms with van der Waals surface area (Å²) in [7, 11) is 0. The number of benzene rings is 1. The predicted molar refractivity (Wildman–Crippen MR) is 89.1 cm³/mol. The Balaban J connectivity index is 1.65. The van der Waals surface area contributed by atoms with Crippen molar-refractivity contribution in [2.75, 3.05) is 5.32 Å². The fourth-order valence-corrected chi connectivity index (χ4v) is 2.84. The number of pyridine rings is 1. The first-order chi connectivity index (χ1) is 10.7. The zero-order chi connectivity index (χ0) is 15.4. The van der Waals surface area contributed by atoms with Gasteiger partial charge in [-0.25, -0.2) is 9.97 Å². The normalized spacial score (nSPS) is 10.4. The van der Waals surface area contributed by atoms with E-state index in [2.05, 4.69) is 15.3 Å². The maximum Gasteiger partial charge on any atom is 0.231 e. The van der Waals surface area contributed by atoms with Crippen molar-refractivity contribution in [3.8, 4) is 10.6 Å².